The summed E-state index contributed by atoms with van der Waals surface area (Å²) in [6, 6.07) is 13.8. The van der Waals surface area contributed by atoms with Crippen molar-refractivity contribution in [2.45, 2.75) is 19.4 Å². The fraction of sp³-hybridized carbons (Fsp3) is 0.235. The Hall–Kier alpha value is -2.73. The van der Waals surface area contributed by atoms with Gasteiger partial charge in [0.15, 0.2) is 5.65 Å². The van der Waals surface area contributed by atoms with Gasteiger partial charge in [0.2, 0.25) is 11.9 Å². The van der Waals surface area contributed by atoms with E-state index in [1.54, 1.807) is 4.52 Å². The van der Waals surface area contributed by atoms with Gasteiger partial charge in [-0.05, 0) is 30.5 Å². The van der Waals surface area contributed by atoms with Gasteiger partial charge in [0.1, 0.15) is 0 Å². The summed E-state index contributed by atoms with van der Waals surface area (Å²) in [4.78, 5) is 16.2. The Morgan fingerprint density at radius 2 is 2.00 bits per heavy atom. The number of amides is 1. The van der Waals surface area contributed by atoms with E-state index in [9.17, 15) is 4.79 Å². The second-order valence-corrected chi connectivity index (χ2v) is 5.78. The maximum Gasteiger partial charge on any atom is 0.249 e. The molecule has 2 heterocycles. The van der Waals surface area contributed by atoms with Crippen LogP contribution in [0.2, 0.25) is 0 Å². The first kappa shape index (κ1) is 13.9. The predicted octanol–water partition coefficient (Wildman–Crippen LogP) is 2.20. The molecule has 1 aliphatic rings. The zero-order chi connectivity index (χ0) is 15.8. The van der Waals surface area contributed by atoms with Crippen molar-refractivity contribution in [2.75, 3.05) is 5.32 Å². The number of hydrogen-bond donors (Lipinski definition) is 2. The summed E-state index contributed by atoms with van der Waals surface area (Å²) in [6.07, 6.45) is 1.91. The second-order valence-electron chi connectivity index (χ2n) is 5.78. The van der Waals surface area contributed by atoms with Crippen LogP contribution >= 0.6 is 0 Å². The van der Waals surface area contributed by atoms with Crippen molar-refractivity contribution in [1.29, 1.82) is 0 Å². The summed E-state index contributed by atoms with van der Waals surface area (Å²) < 4.78 is 1.75. The Labute approximate surface area is 133 Å². The molecule has 0 atom stereocenters. The molecular weight excluding hydrogens is 290 g/mol. The van der Waals surface area contributed by atoms with Gasteiger partial charge in [-0.15, -0.1) is 5.10 Å². The number of aromatic nitrogens is 3. The number of nitrogens with zero attached hydrogens (tertiary/aromatic N) is 3. The zero-order valence-electron chi connectivity index (χ0n) is 12.6. The summed E-state index contributed by atoms with van der Waals surface area (Å²) >= 11 is 0. The molecule has 0 radical (unpaired) electrons. The molecule has 0 aliphatic heterocycles. The molecule has 4 rings (SSSR count). The maximum atomic E-state index is 11.9. The first-order valence-corrected chi connectivity index (χ1v) is 7.70. The van der Waals surface area contributed by atoms with Gasteiger partial charge in [-0.25, -0.2) is 4.52 Å². The van der Waals surface area contributed by atoms with Crippen molar-refractivity contribution in [3.05, 3.63) is 48.0 Å². The number of hydrogen-bond acceptors (Lipinski definition) is 4. The molecule has 6 nitrogen and oxygen atoms in total. The van der Waals surface area contributed by atoms with Crippen LogP contribution in [0.5, 0.6) is 0 Å². The molecule has 0 saturated heterocycles. The topological polar surface area (TPSA) is 85.3 Å². The third-order valence-corrected chi connectivity index (χ3v) is 4.03. The lowest BCUT2D eigenvalue weighted by atomic mass is 10.1. The van der Waals surface area contributed by atoms with Gasteiger partial charge in [-0.3, -0.25) is 10.1 Å². The van der Waals surface area contributed by atoms with E-state index in [1.165, 1.54) is 0 Å². The number of nitrogens with one attached hydrogen (secondary N) is 1. The highest BCUT2D eigenvalue weighted by molar-refractivity contribution is 5.92. The molecule has 1 amide bonds. The Morgan fingerprint density at radius 1 is 1.22 bits per heavy atom. The van der Waals surface area contributed by atoms with E-state index >= 15 is 0 Å². The molecule has 1 aromatic carbocycles. The van der Waals surface area contributed by atoms with Crippen LogP contribution in [0.15, 0.2) is 42.5 Å². The van der Waals surface area contributed by atoms with Crippen LogP contribution in [0.3, 0.4) is 0 Å². The van der Waals surface area contributed by atoms with Crippen molar-refractivity contribution in [3.8, 4) is 11.3 Å². The van der Waals surface area contributed by atoms with Gasteiger partial charge in [0, 0.05) is 18.0 Å². The van der Waals surface area contributed by atoms with E-state index < -0.39 is 0 Å². The summed E-state index contributed by atoms with van der Waals surface area (Å²) in [7, 11) is 0. The lowest BCUT2D eigenvalue weighted by Gasteiger charge is -2.05. The summed E-state index contributed by atoms with van der Waals surface area (Å²) in [5.41, 5.74) is 9.37. The minimum absolute atomic E-state index is 0.00903. The van der Waals surface area contributed by atoms with Crippen molar-refractivity contribution in [3.63, 3.8) is 0 Å². The lowest BCUT2D eigenvalue weighted by Crippen LogP contribution is -2.14. The van der Waals surface area contributed by atoms with E-state index in [1.807, 2.05) is 42.5 Å². The average molecular weight is 307 g/mol. The summed E-state index contributed by atoms with van der Waals surface area (Å²) in [6.45, 7) is 0.519. The minimum Gasteiger partial charge on any atom is -0.326 e. The molecule has 1 fully saturated rings. The zero-order valence-corrected chi connectivity index (χ0v) is 12.6. The molecule has 116 valence electrons. The predicted molar refractivity (Wildman–Crippen MR) is 87.7 cm³/mol. The molecule has 3 N–H and O–H groups in total. The molecular formula is C17H17N5O. The number of rotatable bonds is 4. The smallest absolute Gasteiger partial charge is 0.249 e. The number of carbonyl (C=O) groups is 1. The first-order chi connectivity index (χ1) is 11.2. The summed E-state index contributed by atoms with van der Waals surface area (Å²) in [5.74, 6) is 0.493. The highest BCUT2D eigenvalue weighted by Crippen LogP contribution is 2.30. The molecule has 2 aromatic heterocycles. The normalized spacial score (nSPS) is 14.1. The number of benzene rings is 1. The molecule has 3 aromatic rings. The number of pyridine rings is 1. The largest absolute Gasteiger partial charge is 0.326 e. The van der Waals surface area contributed by atoms with Gasteiger partial charge in [0.25, 0.3) is 0 Å². The van der Waals surface area contributed by atoms with E-state index in [-0.39, 0.29) is 11.8 Å². The standard InChI is InChI=1S/C17H17N5O/c18-10-11-4-6-12(7-5-11)14-2-1-3-15-19-17(21-22(14)15)20-16(23)13-8-9-13/h1-7,13H,8-10,18H2,(H,20,21,23). The molecule has 1 aliphatic carbocycles. The SMILES string of the molecule is NCc1ccc(-c2cccc3nc(NC(=O)C4CC4)nn23)cc1. The van der Waals surface area contributed by atoms with Gasteiger partial charge >= 0.3 is 0 Å². The van der Waals surface area contributed by atoms with Crippen molar-refractivity contribution < 1.29 is 4.79 Å². The number of carbonyl (C=O) groups excluding carboxylic acids is 1. The van der Waals surface area contributed by atoms with Gasteiger partial charge in [-0.1, -0.05) is 30.3 Å². The van der Waals surface area contributed by atoms with Crippen LogP contribution in [-0.2, 0) is 11.3 Å². The Kier molecular flexibility index (Phi) is 3.31. The Balaban J connectivity index is 1.71. The monoisotopic (exact) mass is 307 g/mol. The van der Waals surface area contributed by atoms with Crippen molar-refractivity contribution in [2.24, 2.45) is 11.7 Å². The highest BCUT2D eigenvalue weighted by atomic mass is 16.2. The van der Waals surface area contributed by atoms with E-state index in [0.717, 1.165) is 29.7 Å². The molecule has 0 spiro atoms. The molecule has 6 heteroatoms. The highest BCUT2D eigenvalue weighted by Gasteiger charge is 2.30. The Bertz CT molecular complexity index is 864. The first-order valence-electron chi connectivity index (χ1n) is 7.70. The van der Waals surface area contributed by atoms with Crippen molar-refractivity contribution in [1.82, 2.24) is 14.6 Å². The number of fused-ring (bicyclic) bond motifs is 1. The minimum atomic E-state index is 0.00903. The van der Waals surface area contributed by atoms with E-state index in [2.05, 4.69) is 15.4 Å². The van der Waals surface area contributed by atoms with Crippen LogP contribution in [0.4, 0.5) is 5.95 Å². The van der Waals surface area contributed by atoms with E-state index in [0.29, 0.717) is 18.1 Å². The number of anilines is 1. The molecule has 0 bridgehead atoms. The molecule has 0 unspecified atom stereocenters. The van der Waals surface area contributed by atoms with Crippen LogP contribution in [0.25, 0.3) is 16.9 Å². The summed E-state index contributed by atoms with van der Waals surface area (Å²) in [5, 5.41) is 7.22. The molecule has 23 heavy (non-hydrogen) atoms. The number of nitrogens with two attached hydrogens (primary N) is 1. The molecule has 1 saturated carbocycles. The van der Waals surface area contributed by atoms with Gasteiger partial charge in [0.05, 0.1) is 5.69 Å². The second kappa shape index (κ2) is 5.48. The third kappa shape index (κ3) is 2.68. The third-order valence-electron chi connectivity index (χ3n) is 4.03. The fourth-order valence-corrected chi connectivity index (χ4v) is 2.55. The van der Waals surface area contributed by atoms with Crippen LogP contribution < -0.4 is 11.1 Å². The average Bonchev–Trinajstić information content (AvgIpc) is 3.35. The lowest BCUT2D eigenvalue weighted by molar-refractivity contribution is -0.117. The van der Waals surface area contributed by atoms with E-state index in [4.69, 9.17) is 5.73 Å². The fourth-order valence-electron chi connectivity index (χ4n) is 2.55. The van der Waals surface area contributed by atoms with Gasteiger partial charge < -0.3 is 5.73 Å². The quantitative estimate of drug-likeness (QED) is 0.774. The van der Waals surface area contributed by atoms with Crippen LogP contribution in [0, 0.1) is 5.92 Å². The Morgan fingerprint density at radius 3 is 2.70 bits per heavy atom. The van der Waals surface area contributed by atoms with Crippen molar-refractivity contribution >= 4 is 17.5 Å². The maximum absolute atomic E-state index is 11.9. The van der Waals surface area contributed by atoms with Gasteiger partial charge in [-0.2, -0.15) is 4.98 Å². The van der Waals surface area contributed by atoms with Crippen LogP contribution in [0.1, 0.15) is 18.4 Å². The van der Waals surface area contributed by atoms with Crippen LogP contribution in [-0.4, -0.2) is 20.5 Å².